The van der Waals surface area contributed by atoms with Crippen molar-refractivity contribution in [1.82, 2.24) is 19.7 Å². The maximum absolute atomic E-state index is 12.6. The standard InChI is InChI=1S/C19H25ClN6OS/c1-12-7-10-25(11-8-12)18-23-24-19(26(18)14-5-6-14)28-13(2)17(27)22-15-4-3-9-21-16(15)20/h3-4,9,12-14H,5-8,10-11H2,1-2H3,(H,22,27). The number of rotatable bonds is 6. The summed E-state index contributed by atoms with van der Waals surface area (Å²) in [5, 5.41) is 12.6. The number of anilines is 2. The monoisotopic (exact) mass is 420 g/mol. The van der Waals surface area contributed by atoms with E-state index in [2.05, 4.69) is 36.9 Å². The van der Waals surface area contributed by atoms with Gasteiger partial charge in [-0.15, -0.1) is 10.2 Å². The topological polar surface area (TPSA) is 75.9 Å². The summed E-state index contributed by atoms with van der Waals surface area (Å²) in [5.74, 6) is 1.60. The maximum Gasteiger partial charge on any atom is 0.237 e. The number of carbonyl (C=O) groups excluding carboxylic acids is 1. The molecule has 0 spiro atoms. The molecule has 1 aliphatic heterocycles. The quantitative estimate of drug-likeness (QED) is 0.562. The van der Waals surface area contributed by atoms with Crippen LogP contribution in [-0.4, -0.2) is 44.0 Å². The van der Waals surface area contributed by atoms with E-state index in [0.29, 0.717) is 11.7 Å². The van der Waals surface area contributed by atoms with Gasteiger partial charge >= 0.3 is 0 Å². The zero-order valence-corrected chi connectivity index (χ0v) is 17.7. The van der Waals surface area contributed by atoms with Crippen LogP contribution in [-0.2, 0) is 4.79 Å². The number of piperidine rings is 1. The van der Waals surface area contributed by atoms with E-state index in [1.165, 1.54) is 24.6 Å². The Morgan fingerprint density at radius 2 is 2.04 bits per heavy atom. The number of hydrogen-bond acceptors (Lipinski definition) is 6. The smallest absolute Gasteiger partial charge is 0.237 e. The number of carbonyl (C=O) groups is 1. The Balaban J connectivity index is 1.47. The fourth-order valence-electron chi connectivity index (χ4n) is 3.35. The van der Waals surface area contributed by atoms with Gasteiger partial charge in [0.25, 0.3) is 0 Å². The number of hydrogen-bond donors (Lipinski definition) is 1. The van der Waals surface area contributed by atoms with E-state index in [0.717, 1.165) is 43.0 Å². The molecule has 2 aromatic heterocycles. The normalized spacial score (nSPS) is 18.9. The van der Waals surface area contributed by atoms with Crippen LogP contribution in [0.1, 0.15) is 45.6 Å². The van der Waals surface area contributed by atoms with Crippen LogP contribution in [0, 0.1) is 5.92 Å². The number of halogens is 1. The summed E-state index contributed by atoms with van der Waals surface area (Å²) in [6.45, 7) is 6.22. The van der Waals surface area contributed by atoms with Crippen molar-refractivity contribution in [2.75, 3.05) is 23.3 Å². The maximum atomic E-state index is 12.6. The van der Waals surface area contributed by atoms with E-state index in [9.17, 15) is 4.79 Å². The van der Waals surface area contributed by atoms with Crippen molar-refractivity contribution >= 4 is 40.9 Å². The van der Waals surface area contributed by atoms with Crippen LogP contribution in [0.25, 0.3) is 0 Å². The molecule has 1 aliphatic carbocycles. The highest BCUT2D eigenvalue weighted by Gasteiger charge is 2.33. The van der Waals surface area contributed by atoms with Crippen LogP contribution in [0.4, 0.5) is 11.6 Å². The second-order valence-corrected chi connectivity index (χ2v) is 9.31. The molecule has 0 aromatic carbocycles. The van der Waals surface area contributed by atoms with Crippen LogP contribution in [0.2, 0.25) is 5.15 Å². The Bertz CT molecular complexity index is 847. The van der Waals surface area contributed by atoms with Crippen molar-refractivity contribution < 1.29 is 4.79 Å². The van der Waals surface area contributed by atoms with Gasteiger partial charge in [0.15, 0.2) is 10.3 Å². The fraction of sp³-hybridized carbons (Fsp3) is 0.579. The van der Waals surface area contributed by atoms with Crippen LogP contribution < -0.4 is 10.2 Å². The van der Waals surface area contributed by atoms with Gasteiger partial charge in [0.05, 0.1) is 10.9 Å². The van der Waals surface area contributed by atoms with Crippen molar-refractivity contribution in [3.63, 3.8) is 0 Å². The van der Waals surface area contributed by atoms with E-state index in [4.69, 9.17) is 11.6 Å². The predicted octanol–water partition coefficient (Wildman–Crippen LogP) is 4.02. The zero-order chi connectivity index (χ0) is 19.7. The number of amides is 1. The summed E-state index contributed by atoms with van der Waals surface area (Å²) in [7, 11) is 0. The van der Waals surface area contributed by atoms with Crippen LogP contribution in [0.15, 0.2) is 23.5 Å². The first-order chi connectivity index (χ1) is 13.5. The van der Waals surface area contributed by atoms with Crippen LogP contribution in [0.3, 0.4) is 0 Å². The minimum atomic E-state index is -0.327. The Hall–Kier alpha value is -1.80. The summed E-state index contributed by atoms with van der Waals surface area (Å²) in [4.78, 5) is 19.0. The molecule has 3 heterocycles. The number of pyridine rings is 1. The molecule has 1 amide bonds. The fourth-order valence-corrected chi connectivity index (χ4v) is 4.43. The first-order valence-corrected chi connectivity index (χ1v) is 11.1. The summed E-state index contributed by atoms with van der Waals surface area (Å²) < 4.78 is 2.24. The lowest BCUT2D eigenvalue weighted by molar-refractivity contribution is -0.115. The molecule has 7 nitrogen and oxygen atoms in total. The molecule has 1 unspecified atom stereocenters. The lowest BCUT2D eigenvalue weighted by Gasteiger charge is -2.31. The Kier molecular flexibility index (Phi) is 5.78. The molecule has 28 heavy (non-hydrogen) atoms. The van der Waals surface area contributed by atoms with Gasteiger partial charge in [0.2, 0.25) is 11.9 Å². The van der Waals surface area contributed by atoms with Gasteiger partial charge in [-0.3, -0.25) is 9.36 Å². The van der Waals surface area contributed by atoms with Gasteiger partial charge in [-0.05, 0) is 50.7 Å². The molecular formula is C19H25ClN6OS. The third kappa shape index (κ3) is 4.27. The van der Waals surface area contributed by atoms with E-state index >= 15 is 0 Å². The first-order valence-electron chi connectivity index (χ1n) is 9.81. The number of nitrogens with one attached hydrogen (secondary N) is 1. The van der Waals surface area contributed by atoms with Gasteiger partial charge in [0, 0.05) is 25.3 Å². The van der Waals surface area contributed by atoms with E-state index in [-0.39, 0.29) is 16.3 Å². The summed E-state index contributed by atoms with van der Waals surface area (Å²) in [6, 6.07) is 3.94. The molecular weight excluding hydrogens is 396 g/mol. The molecule has 2 fully saturated rings. The molecule has 150 valence electrons. The SMILES string of the molecule is CC1CCN(c2nnc(SC(C)C(=O)Nc3cccnc3Cl)n2C2CC2)CC1. The molecule has 2 aliphatic rings. The van der Waals surface area contributed by atoms with Gasteiger partial charge in [0.1, 0.15) is 0 Å². The molecule has 1 N–H and O–H groups in total. The predicted molar refractivity (Wildman–Crippen MR) is 112 cm³/mol. The molecule has 0 bridgehead atoms. The van der Waals surface area contributed by atoms with E-state index in [1.54, 1.807) is 18.3 Å². The summed E-state index contributed by atoms with van der Waals surface area (Å²) >= 11 is 7.49. The minimum Gasteiger partial charge on any atom is -0.341 e. The van der Waals surface area contributed by atoms with Gasteiger partial charge in [-0.2, -0.15) is 0 Å². The summed E-state index contributed by atoms with van der Waals surface area (Å²) in [6.07, 6.45) is 6.26. The van der Waals surface area contributed by atoms with Crippen molar-refractivity contribution in [2.45, 2.75) is 56.0 Å². The second-order valence-electron chi connectivity index (χ2n) is 7.64. The lowest BCUT2D eigenvalue weighted by atomic mass is 10.00. The average molecular weight is 421 g/mol. The highest BCUT2D eigenvalue weighted by Crippen LogP contribution is 2.42. The van der Waals surface area contributed by atoms with Crippen LogP contribution in [0.5, 0.6) is 0 Å². The molecule has 4 rings (SSSR count). The number of nitrogens with zero attached hydrogens (tertiary/aromatic N) is 5. The van der Waals surface area contributed by atoms with E-state index < -0.39 is 0 Å². The lowest BCUT2D eigenvalue weighted by Crippen LogP contribution is -2.34. The molecule has 1 atom stereocenters. The third-order valence-electron chi connectivity index (χ3n) is 5.29. The average Bonchev–Trinajstić information content (AvgIpc) is 3.44. The highest BCUT2D eigenvalue weighted by atomic mass is 35.5. The highest BCUT2D eigenvalue weighted by molar-refractivity contribution is 8.00. The van der Waals surface area contributed by atoms with Crippen molar-refractivity contribution in [1.29, 1.82) is 0 Å². The Morgan fingerprint density at radius 1 is 1.29 bits per heavy atom. The van der Waals surface area contributed by atoms with Gasteiger partial charge in [-0.1, -0.05) is 30.3 Å². The molecule has 2 aromatic rings. The molecule has 9 heteroatoms. The van der Waals surface area contributed by atoms with Crippen LogP contribution >= 0.6 is 23.4 Å². The van der Waals surface area contributed by atoms with Gasteiger partial charge in [-0.25, -0.2) is 4.98 Å². The minimum absolute atomic E-state index is 0.126. The van der Waals surface area contributed by atoms with Gasteiger partial charge < -0.3 is 10.2 Å². The van der Waals surface area contributed by atoms with Crippen molar-refractivity contribution in [3.8, 4) is 0 Å². The molecule has 1 saturated carbocycles. The molecule has 0 radical (unpaired) electrons. The Labute approximate surface area is 174 Å². The molecule has 1 saturated heterocycles. The van der Waals surface area contributed by atoms with Crippen molar-refractivity contribution in [2.24, 2.45) is 5.92 Å². The Morgan fingerprint density at radius 3 is 2.71 bits per heavy atom. The largest absolute Gasteiger partial charge is 0.341 e. The number of aromatic nitrogens is 4. The number of thioether (sulfide) groups is 1. The third-order valence-corrected chi connectivity index (χ3v) is 6.65. The first kappa shape index (κ1) is 19.5. The second kappa shape index (κ2) is 8.29. The summed E-state index contributed by atoms with van der Waals surface area (Å²) in [5.41, 5.74) is 0.522. The zero-order valence-electron chi connectivity index (χ0n) is 16.1. The van der Waals surface area contributed by atoms with E-state index in [1.807, 2.05) is 6.92 Å². The van der Waals surface area contributed by atoms with Crippen molar-refractivity contribution in [3.05, 3.63) is 23.5 Å².